The van der Waals surface area contributed by atoms with Gasteiger partial charge in [-0.3, -0.25) is 0 Å². The van der Waals surface area contributed by atoms with Crippen molar-refractivity contribution in [1.82, 2.24) is 9.03 Å². The van der Waals surface area contributed by atoms with Crippen LogP contribution in [-0.2, 0) is 23.2 Å². The molecule has 0 fully saturated rings. The van der Waals surface area contributed by atoms with Crippen LogP contribution in [0.4, 0.5) is 0 Å². The zero-order chi connectivity index (χ0) is 13.0. The summed E-state index contributed by atoms with van der Waals surface area (Å²) in [4.78, 5) is 0. The van der Waals surface area contributed by atoms with Crippen LogP contribution in [-0.4, -0.2) is 25.8 Å². The molecule has 0 aromatic heterocycles. The van der Waals surface area contributed by atoms with Crippen LogP contribution in [0.25, 0.3) is 0 Å². The van der Waals surface area contributed by atoms with Crippen molar-refractivity contribution in [2.24, 2.45) is 0 Å². The van der Waals surface area contributed by atoms with Crippen LogP contribution in [0.15, 0.2) is 36.9 Å². The maximum Gasteiger partial charge on any atom is 0.279 e. The van der Waals surface area contributed by atoms with Gasteiger partial charge < -0.3 is 0 Å². The predicted octanol–water partition coefficient (Wildman–Crippen LogP) is 1.46. The van der Waals surface area contributed by atoms with Gasteiger partial charge in [-0.15, -0.1) is 6.58 Å². The van der Waals surface area contributed by atoms with Gasteiger partial charge in [0.05, 0.1) is 0 Å². The highest BCUT2D eigenvalue weighted by atomic mass is 32.2. The van der Waals surface area contributed by atoms with Crippen LogP contribution < -0.4 is 4.72 Å². The minimum atomic E-state index is -3.36. The summed E-state index contributed by atoms with van der Waals surface area (Å²) in [6.45, 7) is 4.98. The third-order valence-electron chi connectivity index (χ3n) is 3.07. The molecule has 1 aromatic carbocycles. The Balaban J connectivity index is 2.06. The molecule has 1 aliphatic rings. The Morgan fingerprint density at radius 2 is 2.06 bits per heavy atom. The average Bonchev–Trinajstić information content (AvgIpc) is 2.38. The number of hydrogen-bond donors (Lipinski definition) is 1. The van der Waals surface area contributed by atoms with Gasteiger partial charge in [0, 0.05) is 19.6 Å². The Bertz CT molecular complexity index is 526. The minimum absolute atomic E-state index is 0.407. The second-order valence-corrected chi connectivity index (χ2v) is 6.08. The number of fused-ring (bicyclic) bond motifs is 1. The zero-order valence-corrected chi connectivity index (χ0v) is 11.1. The van der Waals surface area contributed by atoms with E-state index in [1.165, 1.54) is 9.87 Å². The summed E-state index contributed by atoms with van der Waals surface area (Å²) in [5.41, 5.74) is 2.34. The third-order valence-corrected chi connectivity index (χ3v) is 4.63. The van der Waals surface area contributed by atoms with Crippen molar-refractivity contribution < 1.29 is 8.42 Å². The van der Waals surface area contributed by atoms with Gasteiger partial charge in [-0.25, -0.2) is 4.72 Å². The third kappa shape index (κ3) is 2.98. The maximum absolute atomic E-state index is 12.1. The van der Waals surface area contributed by atoms with E-state index in [4.69, 9.17) is 0 Å². The average molecular weight is 266 g/mol. The lowest BCUT2D eigenvalue weighted by molar-refractivity contribution is 0.384. The summed E-state index contributed by atoms with van der Waals surface area (Å²) >= 11 is 0. The van der Waals surface area contributed by atoms with Crippen molar-refractivity contribution in [3.8, 4) is 0 Å². The van der Waals surface area contributed by atoms with E-state index in [0.717, 1.165) is 12.0 Å². The fourth-order valence-electron chi connectivity index (χ4n) is 2.06. The monoisotopic (exact) mass is 266 g/mol. The van der Waals surface area contributed by atoms with E-state index in [0.29, 0.717) is 26.1 Å². The van der Waals surface area contributed by atoms with Gasteiger partial charge >= 0.3 is 0 Å². The lowest BCUT2D eigenvalue weighted by Gasteiger charge is -2.28. The molecule has 1 aromatic rings. The molecule has 0 radical (unpaired) electrons. The quantitative estimate of drug-likeness (QED) is 0.648. The number of nitrogens with zero attached hydrogens (tertiary/aromatic N) is 1. The molecule has 0 bridgehead atoms. The molecular weight excluding hydrogens is 248 g/mol. The van der Waals surface area contributed by atoms with E-state index < -0.39 is 10.2 Å². The van der Waals surface area contributed by atoms with Crippen molar-refractivity contribution in [3.05, 3.63) is 48.0 Å². The van der Waals surface area contributed by atoms with Gasteiger partial charge in [-0.05, 0) is 24.0 Å². The molecule has 0 unspecified atom stereocenters. The van der Waals surface area contributed by atoms with E-state index in [1.54, 1.807) is 6.08 Å². The SMILES string of the molecule is C=CCCNS(=O)(=O)N1CCc2ccccc2C1. The number of nitrogens with one attached hydrogen (secondary N) is 1. The number of benzene rings is 1. The van der Waals surface area contributed by atoms with Crippen molar-refractivity contribution in [1.29, 1.82) is 0 Å². The molecule has 98 valence electrons. The van der Waals surface area contributed by atoms with E-state index in [-0.39, 0.29) is 0 Å². The largest absolute Gasteiger partial charge is 0.279 e. The Labute approximate surface area is 108 Å². The molecule has 0 amide bonds. The molecular formula is C13H18N2O2S. The Kier molecular flexibility index (Phi) is 4.16. The van der Waals surface area contributed by atoms with Crippen molar-refractivity contribution in [2.75, 3.05) is 13.1 Å². The molecule has 0 saturated carbocycles. The van der Waals surface area contributed by atoms with E-state index in [9.17, 15) is 8.42 Å². The van der Waals surface area contributed by atoms with E-state index in [2.05, 4.69) is 17.4 Å². The van der Waals surface area contributed by atoms with Crippen molar-refractivity contribution >= 4 is 10.2 Å². The van der Waals surface area contributed by atoms with E-state index in [1.807, 2.05) is 18.2 Å². The van der Waals surface area contributed by atoms with Crippen LogP contribution in [0.5, 0.6) is 0 Å². The number of rotatable bonds is 5. The van der Waals surface area contributed by atoms with Crippen molar-refractivity contribution in [3.63, 3.8) is 0 Å². The first-order valence-electron chi connectivity index (χ1n) is 6.06. The highest BCUT2D eigenvalue weighted by molar-refractivity contribution is 7.87. The Hall–Kier alpha value is -1.17. The second-order valence-electron chi connectivity index (χ2n) is 4.33. The highest BCUT2D eigenvalue weighted by Gasteiger charge is 2.25. The molecule has 0 atom stereocenters. The second kappa shape index (κ2) is 5.65. The van der Waals surface area contributed by atoms with Gasteiger partial charge in [-0.2, -0.15) is 12.7 Å². The van der Waals surface area contributed by atoms with Crippen LogP contribution in [0.1, 0.15) is 17.5 Å². The molecule has 1 aliphatic heterocycles. The fraction of sp³-hybridized carbons (Fsp3) is 0.385. The molecule has 4 nitrogen and oxygen atoms in total. The predicted molar refractivity (Wildman–Crippen MR) is 72.3 cm³/mol. The summed E-state index contributed by atoms with van der Waals surface area (Å²) in [5, 5.41) is 0. The summed E-state index contributed by atoms with van der Waals surface area (Å²) in [6, 6.07) is 7.98. The first-order valence-corrected chi connectivity index (χ1v) is 7.50. The highest BCUT2D eigenvalue weighted by Crippen LogP contribution is 2.20. The summed E-state index contributed by atoms with van der Waals surface area (Å²) < 4.78 is 28.2. The molecule has 18 heavy (non-hydrogen) atoms. The van der Waals surface area contributed by atoms with Gasteiger partial charge in [0.25, 0.3) is 10.2 Å². The normalized spacial score (nSPS) is 16.2. The minimum Gasteiger partial charge on any atom is -0.202 e. The van der Waals surface area contributed by atoms with Crippen LogP contribution in [0.2, 0.25) is 0 Å². The Morgan fingerprint density at radius 1 is 1.33 bits per heavy atom. The molecule has 0 saturated heterocycles. The molecule has 5 heteroatoms. The molecule has 1 N–H and O–H groups in total. The van der Waals surface area contributed by atoms with Gasteiger partial charge in [0.1, 0.15) is 0 Å². The van der Waals surface area contributed by atoms with Gasteiger partial charge in [0.15, 0.2) is 0 Å². The summed E-state index contributed by atoms with van der Waals surface area (Å²) in [6.07, 6.45) is 3.12. The van der Waals surface area contributed by atoms with Crippen LogP contribution in [0, 0.1) is 0 Å². The zero-order valence-electron chi connectivity index (χ0n) is 10.3. The van der Waals surface area contributed by atoms with Crippen LogP contribution in [0.3, 0.4) is 0 Å². The fourth-order valence-corrected chi connectivity index (χ4v) is 3.26. The lowest BCUT2D eigenvalue weighted by atomic mass is 10.0. The smallest absolute Gasteiger partial charge is 0.202 e. The van der Waals surface area contributed by atoms with Gasteiger partial charge in [0.2, 0.25) is 0 Å². The first-order chi connectivity index (χ1) is 8.63. The van der Waals surface area contributed by atoms with Gasteiger partial charge in [-0.1, -0.05) is 30.3 Å². The molecule has 0 spiro atoms. The Morgan fingerprint density at radius 3 is 2.78 bits per heavy atom. The summed E-state index contributed by atoms with van der Waals surface area (Å²) in [5.74, 6) is 0. The number of hydrogen-bond acceptors (Lipinski definition) is 2. The lowest BCUT2D eigenvalue weighted by Crippen LogP contribution is -2.43. The topological polar surface area (TPSA) is 49.4 Å². The summed E-state index contributed by atoms with van der Waals surface area (Å²) in [7, 11) is -3.36. The molecule has 2 rings (SSSR count). The van der Waals surface area contributed by atoms with Crippen LogP contribution >= 0.6 is 0 Å². The first kappa shape index (κ1) is 13.3. The maximum atomic E-state index is 12.1. The van der Waals surface area contributed by atoms with Crippen molar-refractivity contribution in [2.45, 2.75) is 19.4 Å². The molecule has 0 aliphatic carbocycles. The molecule has 1 heterocycles. The van der Waals surface area contributed by atoms with E-state index >= 15 is 0 Å². The standard InChI is InChI=1S/C13H18N2O2S/c1-2-3-9-14-18(16,17)15-10-8-12-6-4-5-7-13(12)11-15/h2,4-7,14H,1,3,8-11H2.